The molecule has 2 N–H and O–H groups in total. The molecule has 5 heteroatoms. The van der Waals surface area contributed by atoms with Gasteiger partial charge < -0.3 is 14.8 Å². The van der Waals surface area contributed by atoms with Gasteiger partial charge in [0.2, 0.25) is 0 Å². The summed E-state index contributed by atoms with van der Waals surface area (Å²) in [6.45, 7) is 0.820. The van der Waals surface area contributed by atoms with Gasteiger partial charge in [-0.3, -0.25) is 0 Å². The Morgan fingerprint density at radius 3 is 2.71 bits per heavy atom. The fourth-order valence-corrected chi connectivity index (χ4v) is 3.53. The van der Waals surface area contributed by atoms with Crippen LogP contribution >= 0.6 is 11.6 Å². The summed E-state index contributed by atoms with van der Waals surface area (Å²) in [5.41, 5.74) is 3.92. The number of aromatic amines is 1. The average Bonchev–Trinajstić information content (AvgIpc) is 3.23. The Labute approximate surface area is 144 Å². The zero-order valence-electron chi connectivity index (χ0n) is 12.9. The molecule has 1 aliphatic rings. The molecule has 1 aromatic heterocycles. The maximum Gasteiger partial charge on any atom is 0.337 e. The second-order valence-electron chi connectivity index (χ2n) is 6.01. The lowest BCUT2D eigenvalue weighted by Crippen LogP contribution is -1.95. The van der Waals surface area contributed by atoms with E-state index in [1.54, 1.807) is 6.07 Å². The van der Waals surface area contributed by atoms with E-state index in [1.165, 1.54) is 11.8 Å². The predicted molar refractivity (Wildman–Crippen MR) is 93.6 cm³/mol. The van der Waals surface area contributed by atoms with E-state index >= 15 is 0 Å². The molecule has 0 aliphatic carbocycles. The molecule has 0 bridgehead atoms. The van der Waals surface area contributed by atoms with Crippen molar-refractivity contribution in [2.75, 3.05) is 6.61 Å². The summed E-state index contributed by atoms with van der Waals surface area (Å²) >= 11 is 6.40. The number of nitrogens with one attached hydrogen (secondary N) is 1. The molecule has 2 heterocycles. The van der Waals surface area contributed by atoms with Crippen LogP contribution in [0, 0.1) is 0 Å². The Balaban J connectivity index is 1.76. The van der Waals surface area contributed by atoms with Crippen molar-refractivity contribution in [2.45, 2.75) is 18.9 Å². The molecule has 0 saturated carbocycles. The number of hydrogen-bond acceptors (Lipinski definition) is 2. The highest BCUT2D eigenvalue weighted by atomic mass is 35.5. The monoisotopic (exact) mass is 341 g/mol. The standard InChI is InChI=1S/C19H16ClNO3/c20-16-9-17-14(15(10-21-17)19(22)23)8-13(16)11-3-5-12(6-4-11)18-2-1-7-24-18/h3-6,8-10,18,21H,1-2,7H2,(H,22,23)/t18-/m0/s1. The van der Waals surface area contributed by atoms with E-state index in [-0.39, 0.29) is 11.7 Å². The number of carboxylic acids is 1. The van der Waals surface area contributed by atoms with Crippen molar-refractivity contribution in [1.82, 2.24) is 4.98 Å². The van der Waals surface area contributed by atoms with Crippen molar-refractivity contribution in [3.63, 3.8) is 0 Å². The molecular formula is C19H16ClNO3. The van der Waals surface area contributed by atoms with E-state index in [4.69, 9.17) is 16.3 Å². The van der Waals surface area contributed by atoms with Crippen LogP contribution in [0.3, 0.4) is 0 Å². The maximum atomic E-state index is 11.3. The first-order chi connectivity index (χ1) is 11.6. The van der Waals surface area contributed by atoms with E-state index in [2.05, 4.69) is 17.1 Å². The first-order valence-electron chi connectivity index (χ1n) is 7.89. The van der Waals surface area contributed by atoms with Crippen molar-refractivity contribution in [1.29, 1.82) is 0 Å². The summed E-state index contributed by atoms with van der Waals surface area (Å²) in [7, 11) is 0. The van der Waals surface area contributed by atoms with Gasteiger partial charge in [0.05, 0.1) is 16.7 Å². The Kier molecular flexibility index (Phi) is 3.79. The third kappa shape index (κ3) is 2.58. The summed E-state index contributed by atoms with van der Waals surface area (Å²) in [6, 6.07) is 11.7. The fourth-order valence-electron chi connectivity index (χ4n) is 3.26. The van der Waals surface area contributed by atoms with Crippen molar-refractivity contribution in [3.05, 3.63) is 58.7 Å². The van der Waals surface area contributed by atoms with Crippen molar-refractivity contribution in [2.24, 2.45) is 0 Å². The summed E-state index contributed by atoms with van der Waals surface area (Å²) in [4.78, 5) is 14.3. The van der Waals surface area contributed by atoms with Gasteiger partial charge in [-0.2, -0.15) is 0 Å². The highest BCUT2D eigenvalue weighted by Crippen LogP contribution is 2.35. The Hall–Kier alpha value is -2.30. The molecule has 1 saturated heterocycles. The normalized spacial score (nSPS) is 17.5. The molecule has 2 aromatic carbocycles. The maximum absolute atomic E-state index is 11.3. The highest BCUT2D eigenvalue weighted by Gasteiger charge is 2.18. The van der Waals surface area contributed by atoms with Crippen molar-refractivity contribution >= 4 is 28.5 Å². The second kappa shape index (κ2) is 5.96. The number of rotatable bonds is 3. The Morgan fingerprint density at radius 1 is 1.25 bits per heavy atom. The third-order valence-electron chi connectivity index (χ3n) is 4.52. The number of benzene rings is 2. The van der Waals surface area contributed by atoms with E-state index < -0.39 is 5.97 Å². The van der Waals surface area contributed by atoms with Gasteiger partial charge in [-0.15, -0.1) is 0 Å². The van der Waals surface area contributed by atoms with Gasteiger partial charge in [0.1, 0.15) is 0 Å². The number of fused-ring (bicyclic) bond motifs is 1. The molecular weight excluding hydrogens is 326 g/mol. The first kappa shape index (κ1) is 15.2. The number of halogens is 1. The van der Waals surface area contributed by atoms with Crippen LogP contribution in [0.15, 0.2) is 42.6 Å². The second-order valence-corrected chi connectivity index (χ2v) is 6.42. The zero-order valence-corrected chi connectivity index (χ0v) is 13.6. The largest absolute Gasteiger partial charge is 0.478 e. The molecule has 1 atom stereocenters. The number of carbonyl (C=O) groups is 1. The molecule has 0 radical (unpaired) electrons. The van der Waals surface area contributed by atoms with Gasteiger partial charge in [-0.25, -0.2) is 4.79 Å². The lowest BCUT2D eigenvalue weighted by Gasteiger charge is -2.11. The zero-order chi connectivity index (χ0) is 16.7. The molecule has 0 unspecified atom stereocenters. The number of aromatic carboxylic acids is 1. The average molecular weight is 342 g/mol. The van der Waals surface area contributed by atoms with Gasteiger partial charge in [0, 0.05) is 29.3 Å². The fraction of sp³-hybridized carbons (Fsp3) is 0.211. The van der Waals surface area contributed by atoms with Gasteiger partial charge in [-0.1, -0.05) is 35.9 Å². The van der Waals surface area contributed by atoms with E-state index in [9.17, 15) is 9.90 Å². The highest BCUT2D eigenvalue weighted by molar-refractivity contribution is 6.34. The molecule has 0 spiro atoms. The van der Waals surface area contributed by atoms with Crippen LogP contribution in [0.4, 0.5) is 0 Å². The molecule has 24 heavy (non-hydrogen) atoms. The van der Waals surface area contributed by atoms with Crippen molar-refractivity contribution < 1.29 is 14.6 Å². The van der Waals surface area contributed by atoms with E-state index in [1.807, 2.05) is 18.2 Å². The molecule has 1 aliphatic heterocycles. The number of carboxylic acid groups (broad SMARTS) is 1. The van der Waals surface area contributed by atoms with Crippen LogP contribution in [0.2, 0.25) is 5.02 Å². The first-order valence-corrected chi connectivity index (χ1v) is 8.27. The topological polar surface area (TPSA) is 62.3 Å². The molecule has 0 amide bonds. The molecule has 122 valence electrons. The Bertz CT molecular complexity index is 908. The SMILES string of the molecule is O=C(O)c1c[nH]c2cc(Cl)c(-c3ccc([C@@H]4CCCO4)cc3)cc12. The minimum atomic E-state index is -0.955. The van der Waals surface area contributed by atoms with Crippen LogP contribution in [0.5, 0.6) is 0 Å². The summed E-state index contributed by atoms with van der Waals surface area (Å²) in [5.74, 6) is -0.955. The van der Waals surface area contributed by atoms with Gasteiger partial charge in [0.15, 0.2) is 0 Å². The lowest BCUT2D eigenvalue weighted by molar-refractivity contribution is 0.0699. The minimum Gasteiger partial charge on any atom is -0.478 e. The van der Waals surface area contributed by atoms with E-state index in [0.717, 1.165) is 36.1 Å². The van der Waals surface area contributed by atoms with Crippen molar-refractivity contribution in [3.8, 4) is 11.1 Å². The summed E-state index contributed by atoms with van der Waals surface area (Å²) in [5, 5.41) is 10.5. The molecule has 4 rings (SSSR count). The number of H-pyrrole nitrogens is 1. The predicted octanol–water partition coefficient (Wildman–Crippen LogP) is 5.04. The number of ether oxygens (including phenoxy) is 1. The van der Waals surface area contributed by atoms with Gasteiger partial charge in [0.25, 0.3) is 0 Å². The summed E-state index contributed by atoms with van der Waals surface area (Å²) < 4.78 is 5.70. The third-order valence-corrected chi connectivity index (χ3v) is 4.84. The van der Waals surface area contributed by atoms with Gasteiger partial charge >= 0.3 is 5.97 Å². The number of hydrogen-bond donors (Lipinski definition) is 2. The number of aromatic nitrogens is 1. The van der Waals surface area contributed by atoms with Crippen LogP contribution in [0.25, 0.3) is 22.0 Å². The van der Waals surface area contributed by atoms with E-state index in [0.29, 0.717) is 10.4 Å². The molecule has 1 fully saturated rings. The quantitative estimate of drug-likeness (QED) is 0.701. The lowest BCUT2D eigenvalue weighted by atomic mass is 9.99. The van der Waals surface area contributed by atoms with Crippen LogP contribution in [-0.4, -0.2) is 22.7 Å². The Morgan fingerprint density at radius 2 is 2.04 bits per heavy atom. The van der Waals surface area contributed by atoms with Gasteiger partial charge in [-0.05, 0) is 36.1 Å². The van der Waals surface area contributed by atoms with Crippen LogP contribution in [-0.2, 0) is 4.74 Å². The van der Waals surface area contributed by atoms with Crippen LogP contribution < -0.4 is 0 Å². The minimum absolute atomic E-state index is 0.181. The molecule has 4 nitrogen and oxygen atoms in total. The van der Waals surface area contributed by atoms with Crippen LogP contribution in [0.1, 0.15) is 34.9 Å². The summed E-state index contributed by atoms with van der Waals surface area (Å²) in [6.07, 6.45) is 3.83. The smallest absolute Gasteiger partial charge is 0.337 e. The molecule has 3 aromatic rings.